The summed E-state index contributed by atoms with van der Waals surface area (Å²) in [4.78, 5) is 28.9. The molecule has 0 bridgehead atoms. The molecule has 0 aliphatic carbocycles. The quantitative estimate of drug-likeness (QED) is 0.627. The Labute approximate surface area is 190 Å². The van der Waals surface area contributed by atoms with Crippen LogP contribution >= 0.6 is 15.9 Å². The predicted octanol–water partition coefficient (Wildman–Crippen LogP) is 2.26. The van der Waals surface area contributed by atoms with E-state index in [1.165, 1.54) is 11.1 Å². The van der Waals surface area contributed by atoms with Crippen LogP contribution in [0.4, 0.5) is 5.69 Å². The number of fused-ring (bicyclic) bond motifs is 1. The first-order valence-electron chi connectivity index (χ1n) is 10.6. The van der Waals surface area contributed by atoms with Crippen molar-refractivity contribution >= 4 is 33.4 Å². The fourth-order valence-electron chi connectivity index (χ4n) is 3.90. The number of nitrogens with one attached hydrogen (secondary N) is 2. The van der Waals surface area contributed by atoms with Crippen molar-refractivity contribution in [3.8, 4) is 5.75 Å². The van der Waals surface area contributed by atoms with E-state index in [9.17, 15) is 9.59 Å². The molecule has 2 N–H and O–H groups in total. The van der Waals surface area contributed by atoms with Gasteiger partial charge in [-0.25, -0.2) is 0 Å². The van der Waals surface area contributed by atoms with Crippen LogP contribution in [0.3, 0.4) is 0 Å². The zero-order chi connectivity index (χ0) is 21.6. The monoisotopic (exact) mass is 486 g/mol. The van der Waals surface area contributed by atoms with Crippen molar-refractivity contribution in [2.75, 3.05) is 51.2 Å². The second-order valence-corrected chi connectivity index (χ2v) is 8.75. The molecule has 0 spiro atoms. The number of hydrogen-bond donors (Lipinski definition) is 2. The third-order valence-corrected chi connectivity index (χ3v) is 6.28. The number of piperazine rings is 1. The number of halogens is 1. The highest BCUT2D eigenvalue weighted by Crippen LogP contribution is 2.26. The van der Waals surface area contributed by atoms with Gasteiger partial charge < -0.3 is 15.4 Å². The van der Waals surface area contributed by atoms with E-state index in [1.807, 2.05) is 18.2 Å². The minimum atomic E-state index is -0.246. The molecule has 7 nitrogen and oxygen atoms in total. The molecule has 0 atom stereocenters. The van der Waals surface area contributed by atoms with Crippen molar-refractivity contribution in [1.29, 1.82) is 0 Å². The van der Waals surface area contributed by atoms with Crippen molar-refractivity contribution in [2.45, 2.75) is 13.0 Å². The number of rotatable bonds is 7. The maximum atomic E-state index is 12.2. The molecular weight excluding hydrogens is 460 g/mol. The third kappa shape index (κ3) is 6.06. The Bertz CT molecular complexity index is 944. The van der Waals surface area contributed by atoms with Crippen molar-refractivity contribution in [2.24, 2.45) is 0 Å². The summed E-state index contributed by atoms with van der Waals surface area (Å²) in [6.45, 7) is 5.49. The molecule has 1 saturated heterocycles. The Morgan fingerprint density at radius 3 is 2.58 bits per heavy atom. The Morgan fingerprint density at radius 1 is 1.00 bits per heavy atom. The average Bonchev–Trinajstić information content (AvgIpc) is 3.23. The van der Waals surface area contributed by atoms with Crippen LogP contribution in [-0.4, -0.2) is 67.5 Å². The maximum absolute atomic E-state index is 12.2. The van der Waals surface area contributed by atoms with Crippen LogP contribution in [0, 0.1) is 0 Å². The van der Waals surface area contributed by atoms with Crippen LogP contribution in [0.25, 0.3) is 0 Å². The SMILES string of the molecule is O=C(CN1CCN(Cc2ccc3c(c2)CCO3)CC1)NCC(=O)Nc1ccccc1Br. The summed E-state index contributed by atoms with van der Waals surface area (Å²) in [5.41, 5.74) is 3.30. The first-order valence-corrected chi connectivity index (χ1v) is 11.4. The topological polar surface area (TPSA) is 73.9 Å². The second kappa shape index (κ2) is 10.3. The maximum Gasteiger partial charge on any atom is 0.243 e. The van der Waals surface area contributed by atoms with Crippen LogP contribution in [0.2, 0.25) is 0 Å². The van der Waals surface area contributed by atoms with Crippen molar-refractivity contribution < 1.29 is 14.3 Å². The highest BCUT2D eigenvalue weighted by Gasteiger charge is 2.20. The first kappa shape index (κ1) is 21.8. The molecule has 2 aliphatic rings. The van der Waals surface area contributed by atoms with Gasteiger partial charge in [0.15, 0.2) is 0 Å². The summed E-state index contributed by atoms with van der Waals surface area (Å²) >= 11 is 3.39. The molecule has 0 radical (unpaired) electrons. The zero-order valence-corrected chi connectivity index (χ0v) is 19.0. The molecule has 0 saturated carbocycles. The van der Waals surface area contributed by atoms with E-state index < -0.39 is 0 Å². The van der Waals surface area contributed by atoms with Crippen LogP contribution in [-0.2, 0) is 22.6 Å². The van der Waals surface area contributed by atoms with Crippen LogP contribution in [0.5, 0.6) is 5.75 Å². The molecule has 2 amide bonds. The summed E-state index contributed by atoms with van der Waals surface area (Å²) < 4.78 is 6.38. The van der Waals surface area contributed by atoms with E-state index >= 15 is 0 Å². The Morgan fingerprint density at radius 2 is 1.77 bits per heavy atom. The van der Waals surface area contributed by atoms with Gasteiger partial charge in [-0.1, -0.05) is 24.3 Å². The zero-order valence-electron chi connectivity index (χ0n) is 17.4. The number of amides is 2. The molecule has 2 aliphatic heterocycles. The standard InChI is InChI=1S/C23H27BrN4O3/c24-19-3-1-2-4-20(19)26-22(29)14-25-23(30)16-28-10-8-27(9-11-28)15-17-5-6-21-18(13-17)7-12-31-21/h1-6,13H,7-12,14-16H2,(H,25,30)(H,26,29). The average molecular weight is 487 g/mol. The van der Waals surface area contributed by atoms with E-state index in [2.05, 4.69) is 54.6 Å². The molecule has 8 heteroatoms. The minimum absolute atomic E-state index is 0.0395. The number of para-hydroxylation sites is 1. The number of carbonyl (C=O) groups is 2. The van der Waals surface area contributed by atoms with Gasteiger partial charge >= 0.3 is 0 Å². The van der Waals surface area contributed by atoms with Crippen LogP contribution < -0.4 is 15.4 Å². The van der Waals surface area contributed by atoms with E-state index in [0.29, 0.717) is 12.2 Å². The first-order chi connectivity index (χ1) is 15.1. The lowest BCUT2D eigenvalue weighted by molar-refractivity contribution is -0.125. The summed E-state index contributed by atoms with van der Waals surface area (Å²) in [5, 5.41) is 5.50. The van der Waals surface area contributed by atoms with E-state index in [1.54, 1.807) is 6.07 Å². The Hall–Kier alpha value is -2.42. The molecule has 2 aromatic carbocycles. The van der Waals surface area contributed by atoms with Crippen LogP contribution in [0.1, 0.15) is 11.1 Å². The lowest BCUT2D eigenvalue weighted by atomic mass is 10.1. The number of hydrogen-bond acceptors (Lipinski definition) is 5. The number of carbonyl (C=O) groups excluding carboxylic acids is 2. The molecule has 4 rings (SSSR count). The van der Waals surface area contributed by atoms with Gasteiger partial charge in [-0.15, -0.1) is 0 Å². The number of benzene rings is 2. The lowest BCUT2D eigenvalue weighted by Gasteiger charge is -2.34. The number of nitrogens with zero attached hydrogens (tertiary/aromatic N) is 2. The molecule has 164 valence electrons. The van der Waals surface area contributed by atoms with E-state index in [-0.39, 0.29) is 18.4 Å². The Kier molecular flexibility index (Phi) is 7.21. The van der Waals surface area contributed by atoms with Gasteiger partial charge in [-0.3, -0.25) is 19.4 Å². The summed E-state index contributed by atoms with van der Waals surface area (Å²) in [6, 6.07) is 13.8. The van der Waals surface area contributed by atoms with Gasteiger partial charge in [0.25, 0.3) is 0 Å². The molecule has 2 heterocycles. The molecule has 0 unspecified atom stereocenters. The van der Waals surface area contributed by atoms with Gasteiger partial charge in [-0.05, 0) is 45.3 Å². The number of ether oxygens (including phenoxy) is 1. The molecular formula is C23H27BrN4O3. The van der Waals surface area contributed by atoms with Crippen molar-refractivity contribution in [3.05, 3.63) is 58.1 Å². The molecule has 0 aromatic heterocycles. The van der Waals surface area contributed by atoms with Crippen molar-refractivity contribution in [1.82, 2.24) is 15.1 Å². The number of anilines is 1. The summed E-state index contributed by atoms with van der Waals surface area (Å²) in [5.74, 6) is 0.642. The lowest BCUT2D eigenvalue weighted by Crippen LogP contribution is -2.49. The largest absolute Gasteiger partial charge is 0.493 e. The van der Waals surface area contributed by atoms with Gasteiger partial charge in [0.2, 0.25) is 11.8 Å². The molecule has 31 heavy (non-hydrogen) atoms. The normalized spacial score (nSPS) is 16.4. The van der Waals surface area contributed by atoms with Crippen molar-refractivity contribution in [3.63, 3.8) is 0 Å². The Balaban J connectivity index is 1.15. The third-order valence-electron chi connectivity index (χ3n) is 5.59. The minimum Gasteiger partial charge on any atom is -0.493 e. The smallest absolute Gasteiger partial charge is 0.243 e. The van der Waals surface area contributed by atoms with Crippen LogP contribution in [0.15, 0.2) is 46.9 Å². The highest BCUT2D eigenvalue weighted by atomic mass is 79.9. The second-order valence-electron chi connectivity index (χ2n) is 7.90. The fraction of sp³-hybridized carbons (Fsp3) is 0.391. The highest BCUT2D eigenvalue weighted by molar-refractivity contribution is 9.10. The predicted molar refractivity (Wildman–Crippen MR) is 123 cm³/mol. The summed E-state index contributed by atoms with van der Waals surface area (Å²) in [7, 11) is 0. The van der Waals surface area contributed by atoms with E-state index in [4.69, 9.17) is 4.74 Å². The summed E-state index contributed by atoms with van der Waals surface area (Å²) in [6.07, 6.45) is 0.993. The fourth-order valence-corrected chi connectivity index (χ4v) is 4.28. The van der Waals surface area contributed by atoms with Gasteiger partial charge in [0, 0.05) is 43.6 Å². The van der Waals surface area contributed by atoms with E-state index in [0.717, 1.165) is 56.0 Å². The van der Waals surface area contributed by atoms with Gasteiger partial charge in [0.05, 0.1) is 25.4 Å². The molecule has 2 aromatic rings. The van der Waals surface area contributed by atoms with Gasteiger partial charge in [-0.2, -0.15) is 0 Å². The molecule has 1 fully saturated rings. The van der Waals surface area contributed by atoms with Gasteiger partial charge in [0.1, 0.15) is 5.75 Å².